The van der Waals surface area contributed by atoms with Crippen molar-refractivity contribution < 1.29 is 62.5 Å². The number of carboxylic acids is 1. The summed E-state index contributed by atoms with van der Waals surface area (Å²) in [6.07, 6.45) is 32.1. The van der Waals surface area contributed by atoms with Crippen LogP contribution in [0.3, 0.4) is 0 Å². The number of carboxylic acid groups (broad SMARTS) is 1. The number of carbonyl (C=O) groups is 4. The van der Waals surface area contributed by atoms with Gasteiger partial charge in [-0.25, -0.2) is 4.57 Å². The molecule has 1 rings (SSSR count). The van der Waals surface area contributed by atoms with Gasteiger partial charge in [-0.05, 0) is 70.6 Å². The van der Waals surface area contributed by atoms with Gasteiger partial charge in [-0.3, -0.25) is 28.2 Å². The molecule has 0 radical (unpaired) electrons. The molecular formula is C44H70NO13P. The SMILES string of the molecule is CC/C=C\C/C=C\C/C=C\C/C=C\CCCCC(=O)O[C@H](COC(=O)CCC/C=C\C[C@H]1C(=O)C[C@@H](O)[C@@H]1/C=C/[C@@H](O)CCCCC)COP(=O)(O)OC[C@H](N)C(=O)O. The fourth-order valence-electron chi connectivity index (χ4n) is 5.92. The van der Waals surface area contributed by atoms with E-state index in [1.54, 1.807) is 12.2 Å². The Morgan fingerprint density at radius 3 is 2.08 bits per heavy atom. The largest absolute Gasteiger partial charge is 0.480 e. The fourth-order valence-corrected chi connectivity index (χ4v) is 6.70. The quantitative estimate of drug-likeness (QED) is 0.0182. The number of Topliss-reactive ketones (excluding diaryl/α,β-unsaturated/α-hetero) is 1. The molecule has 0 saturated heterocycles. The molecule has 14 nitrogen and oxygen atoms in total. The van der Waals surface area contributed by atoms with Crippen LogP contribution in [0.4, 0.5) is 0 Å². The van der Waals surface area contributed by atoms with Crippen LogP contribution >= 0.6 is 7.82 Å². The molecule has 1 aliphatic carbocycles. The number of phosphoric ester groups is 1. The highest BCUT2D eigenvalue weighted by Gasteiger charge is 2.39. The van der Waals surface area contributed by atoms with Crippen molar-refractivity contribution in [3.8, 4) is 0 Å². The minimum atomic E-state index is -4.80. The summed E-state index contributed by atoms with van der Waals surface area (Å²) in [6.45, 7) is 2.24. The van der Waals surface area contributed by atoms with Crippen LogP contribution in [0.2, 0.25) is 0 Å². The number of carbonyl (C=O) groups excluding carboxylic acids is 3. The van der Waals surface area contributed by atoms with Gasteiger partial charge in [0.25, 0.3) is 0 Å². The maximum Gasteiger partial charge on any atom is 0.472 e. The van der Waals surface area contributed by atoms with Gasteiger partial charge in [0.1, 0.15) is 18.4 Å². The minimum absolute atomic E-state index is 0.0141. The lowest BCUT2D eigenvalue weighted by Crippen LogP contribution is -2.34. The number of rotatable bonds is 34. The van der Waals surface area contributed by atoms with Crippen LogP contribution in [0.5, 0.6) is 0 Å². The number of aliphatic hydroxyl groups excluding tert-OH is 2. The van der Waals surface area contributed by atoms with Gasteiger partial charge in [0.15, 0.2) is 6.10 Å². The van der Waals surface area contributed by atoms with E-state index >= 15 is 0 Å². The summed E-state index contributed by atoms with van der Waals surface area (Å²) < 4.78 is 32.5. The van der Waals surface area contributed by atoms with E-state index in [2.05, 4.69) is 60.9 Å². The van der Waals surface area contributed by atoms with Gasteiger partial charge < -0.3 is 35.4 Å². The van der Waals surface area contributed by atoms with E-state index in [0.717, 1.165) is 57.8 Å². The fraction of sp³-hybridized carbons (Fsp3) is 0.636. The summed E-state index contributed by atoms with van der Waals surface area (Å²) in [5, 5.41) is 29.6. The van der Waals surface area contributed by atoms with Crippen molar-refractivity contribution in [2.75, 3.05) is 19.8 Å². The van der Waals surface area contributed by atoms with Crippen molar-refractivity contribution in [2.45, 2.75) is 147 Å². The maximum atomic E-state index is 12.6. The number of hydrogen-bond acceptors (Lipinski definition) is 12. The zero-order valence-corrected chi connectivity index (χ0v) is 35.9. The summed E-state index contributed by atoms with van der Waals surface area (Å²) in [7, 11) is -4.80. The molecule has 59 heavy (non-hydrogen) atoms. The highest BCUT2D eigenvalue weighted by molar-refractivity contribution is 7.47. The lowest BCUT2D eigenvalue weighted by molar-refractivity contribution is -0.161. The highest BCUT2D eigenvalue weighted by atomic mass is 31.2. The van der Waals surface area contributed by atoms with E-state index in [4.69, 9.17) is 24.8 Å². The molecule has 6 N–H and O–H groups in total. The molecule has 0 spiro atoms. The molecular weight excluding hydrogens is 781 g/mol. The average Bonchev–Trinajstić information content (AvgIpc) is 3.47. The molecule has 7 atom stereocenters. The van der Waals surface area contributed by atoms with E-state index in [1.165, 1.54) is 0 Å². The highest BCUT2D eigenvalue weighted by Crippen LogP contribution is 2.43. The third-order valence-corrected chi connectivity index (χ3v) is 10.3. The number of unbranched alkanes of at least 4 members (excludes halogenated alkanes) is 5. The van der Waals surface area contributed by atoms with Gasteiger partial charge in [-0.15, -0.1) is 0 Å². The smallest absolute Gasteiger partial charge is 0.472 e. The molecule has 1 saturated carbocycles. The Morgan fingerprint density at radius 2 is 1.42 bits per heavy atom. The average molecular weight is 852 g/mol. The minimum Gasteiger partial charge on any atom is -0.480 e. The van der Waals surface area contributed by atoms with E-state index in [9.17, 15) is 38.8 Å². The molecule has 0 amide bonds. The lowest BCUT2D eigenvalue weighted by Gasteiger charge is -2.20. The number of ketones is 1. The summed E-state index contributed by atoms with van der Waals surface area (Å²) in [5.74, 6) is -3.48. The second-order valence-electron chi connectivity index (χ2n) is 14.5. The molecule has 15 heteroatoms. The van der Waals surface area contributed by atoms with Crippen LogP contribution in [-0.4, -0.2) is 88.1 Å². The van der Waals surface area contributed by atoms with E-state index in [1.807, 2.05) is 18.2 Å². The molecule has 0 bridgehead atoms. The number of aliphatic carboxylic acids is 1. The normalized spacial score (nSPS) is 20.1. The second-order valence-corrected chi connectivity index (χ2v) is 16.0. The monoisotopic (exact) mass is 851 g/mol. The van der Waals surface area contributed by atoms with Crippen LogP contribution in [0.15, 0.2) is 72.9 Å². The zero-order chi connectivity index (χ0) is 43.7. The molecule has 0 aliphatic heterocycles. The second kappa shape index (κ2) is 33.3. The van der Waals surface area contributed by atoms with E-state index in [-0.39, 0.29) is 31.0 Å². The Morgan fingerprint density at radius 1 is 0.814 bits per heavy atom. The Bertz CT molecular complexity index is 1440. The van der Waals surface area contributed by atoms with Crippen LogP contribution in [0.1, 0.15) is 123 Å². The number of esters is 2. The summed E-state index contributed by atoms with van der Waals surface area (Å²) in [4.78, 5) is 58.6. The molecule has 0 aromatic rings. The van der Waals surface area contributed by atoms with Gasteiger partial charge in [0, 0.05) is 31.1 Å². The summed E-state index contributed by atoms with van der Waals surface area (Å²) in [6, 6.07) is -1.57. The van der Waals surface area contributed by atoms with Crippen molar-refractivity contribution in [1.82, 2.24) is 0 Å². The standard InChI is InChI=1S/C44H70NO13P/c1-3-5-7-8-9-10-11-12-13-14-15-16-17-18-24-28-43(50)58-36(33-56-59(53,54)57-34-39(45)44(51)52)32-55-42(49)27-23-20-19-22-26-37-38(41(48)31-40(37)47)30-29-35(46)25-21-6-4-2/h5,7,9-10,12-13,15-16,19,22,29-30,35-39,41,46,48H,3-4,6,8,11,14,17-18,20-21,23-28,31-34,45H2,1-2H3,(H,51,52)(H,53,54)/b7-5-,10-9-,13-12-,16-15-,22-19-,30-29+/t35-,36+,37+,38+,39-,41+/m0/s1. The zero-order valence-electron chi connectivity index (χ0n) is 35.0. The van der Waals surface area contributed by atoms with Gasteiger partial charge in [-0.1, -0.05) is 106 Å². The van der Waals surface area contributed by atoms with Gasteiger partial charge in [-0.2, -0.15) is 0 Å². The Hall–Kier alpha value is -3.49. The first-order valence-corrected chi connectivity index (χ1v) is 22.6. The predicted octanol–water partition coefficient (Wildman–Crippen LogP) is 7.53. The summed E-state index contributed by atoms with van der Waals surface area (Å²) in [5.41, 5.74) is 5.32. The van der Waals surface area contributed by atoms with E-state index in [0.29, 0.717) is 32.1 Å². The Labute approximate surface area is 350 Å². The van der Waals surface area contributed by atoms with Crippen molar-refractivity contribution in [3.05, 3.63) is 72.9 Å². The van der Waals surface area contributed by atoms with Crippen molar-refractivity contribution in [3.63, 3.8) is 0 Å². The molecule has 0 aromatic heterocycles. The van der Waals surface area contributed by atoms with Crippen LogP contribution in [0.25, 0.3) is 0 Å². The third-order valence-electron chi connectivity index (χ3n) is 9.31. The number of nitrogens with two attached hydrogens (primary N) is 1. The van der Waals surface area contributed by atoms with Crippen LogP contribution < -0.4 is 5.73 Å². The van der Waals surface area contributed by atoms with Crippen molar-refractivity contribution >= 4 is 31.5 Å². The Kier molecular flexibility index (Phi) is 30.2. The number of allylic oxidation sites excluding steroid dienone is 10. The van der Waals surface area contributed by atoms with Gasteiger partial charge in [0.2, 0.25) is 0 Å². The summed E-state index contributed by atoms with van der Waals surface area (Å²) >= 11 is 0. The molecule has 1 fully saturated rings. The molecule has 1 unspecified atom stereocenters. The lowest BCUT2D eigenvalue weighted by atomic mass is 9.90. The molecule has 334 valence electrons. The molecule has 0 heterocycles. The maximum absolute atomic E-state index is 12.6. The first-order valence-electron chi connectivity index (χ1n) is 21.1. The van der Waals surface area contributed by atoms with Crippen molar-refractivity contribution in [1.29, 1.82) is 0 Å². The van der Waals surface area contributed by atoms with Gasteiger partial charge in [0.05, 0.1) is 25.4 Å². The third kappa shape index (κ3) is 27.8. The van der Waals surface area contributed by atoms with Crippen molar-refractivity contribution in [2.24, 2.45) is 17.6 Å². The number of hydrogen-bond donors (Lipinski definition) is 5. The first-order chi connectivity index (χ1) is 28.3. The van der Waals surface area contributed by atoms with Gasteiger partial charge >= 0.3 is 25.7 Å². The molecule has 0 aromatic carbocycles. The predicted molar refractivity (Wildman–Crippen MR) is 227 cm³/mol. The number of aliphatic hydroxyl groups is 2. The molecule has 1 aliphatic rings. The number of ether oxygens (including phenoxy) is 2. The number of phosphoric acid groups is 1. The van der Waals surface area contributed by atoms with Crippen LogP contribution in [0, 0.1) is 11.8 Å². The topological polar surface area (TPSA) is 229 Å². The van der Waals surface area contributed by atoms with E-state index < -0.39 is 75.8 Å². The Balaban J connectivity index is 2.56. The van der Waals surface area contributed by atoms with Crippen LogP contribution in [-0.2, 0) is 42.3 Å². The first kappa shape index (κ1) is 53.5.